The lowest BCUT2D eigenvalue weighted by atomic mass is 9.95. The van der Waals surface area contributed by atoms with Crippen molar-refractivity contribution in [3.63, 3.8) is 0 Å². The molecule has 0 spiro atoms. The van der Waals surface area contributed by atoms with Gasteiger partial charge in [-0.15, -0.1) is 0 Å². The average molecular weight is 484 g/mol. The number of halogens is 1. The monoisotopic (exact) mass is 483 g/mol. The molecule has 0 aliphatic carbocycles. The van der Waals surface area contributed by atoms with Crippen LogP contribution in [0.2, 0.25) is 5.02 Å². The van der Waals surface area contributed by atoms with Gasteiger partial charge in [0.2, 0.25) is 0 Å². The molecule has 1 N–H and O–H groups in total. The summed E-state index contributed by atoms with van der Waals surface area (Å²) < 4.78 is 12.7. The van der Waals surface area contributed by atoms with Gasteiger partial charge in [0.15, 0.2) is 4.80 Å². The Hall–Kier alpha value is -3.36. The van der Waals surface area contributed by atoms with Crippen LogP contribution in [0.1, 0.15) is 25.5 Å². The number of nitrogens with one attached hydrogen (secondary N) is 1. The fraction of sp³-hybridized carbons (Fsp3) is 0.208. The Bertz CT molecular complexity index is 1410. The lowest BCUT2D eigenvalue weighted by Crippen LogP contribution is -2.40. The van der Waals surface area contributed by atoms with Crippen LogP contribution in [0.3, 0.4) is 0 Å². The fourth-order valence-corrected chi connectivity index (χ4v) is 4.71. The second-order valence-corrected chi connectivity index (χ2v) is 8.68. The van der Waals surface area contributed by atoms with Crippen LogP contribution in [0.4, 0.5) is 5.69 Å². The van der Waals surface area contributed by atoms with E-state index in [4.69, 9.17) is 21.1 Å². The lowest BCUT2D eigenvalue weighted by Gasteiger charge is -2.24. The highest BCUT2D eigenvalue weighted by atomic mass is 35.5. The van der Waals surface area contributed by atoms with E-state index in [1.165, 1.54) is 15.9 Å². The summed E-state index contributed by atoms with van der Waals surface area (Å²) in [6.07, 6.45) is 1.64. The van der Waals surface area contributed by atoms with Crippen molar-refractivity contribution in [3.8, 4) is 5.75 Å². The number of anilines is 1. The summed E-state index contributed by atoms with van der Waals surface area (Å²) in [6, 6.07) is 13.8. The van der Waals surface area contributed by atoms with E-state index in [-0.39, 0.29) is 12.2 Å². The van der Waals surface area contributed by atoms with Gasteiger partial charge in [-0.1, -0.05) is 35.1 Å². The summed E-state index contributed by atoms with van der Waals surface area (Å²) in [6.45, 7) is 3.71. The van der Waals surface area contributed by atoms with Crippen LogP contribution < -0.4 is 24.9 Å². The van der Waals surface area contributed by atoms with E-state index in [1.54, 1.807) is 39.3 Å². The Labute approximate surface area is 199 Å². The third-order valence-electron chi connectivity index (χ3n) is 5.14. The van der Waals surface area contributed by atoms with Gasteiger partial charge in [0.25, 0.3) is 5.56 Å². The van der Waals surface area contributed by atoms with Crippen LogP contribution in [0, 0.1) is 0 Å². The van der Waals surface area contributed by atoms with Gasteiger partial charge in [0.1, 0.15) is 10.3 Å². The molecule has 2 aromatic carbocycles. The van der Waals surface area contributed by atoms with Crippen LogP contribution in [0.15, 0.2) is 69.6 Å². The first-order valence-corrected chi connectivity index (χ1v) is 11.5. The Morgan fingerprint density at radius 2 is 2.03 bits per heavy atom. The number of hydrogen-bond acceptors (Lipinski definition) is 7. The molecule has 0 saturated carbocycles. The molecule has 0 bridgehead atoms. The minimum atomic E-state index is -0.687. The third-order valence-corrected chi connectivity index (χ3v) is 6.38. The first kappa shape index (κ1) is 22.8. The Morgan fingerprint density at radius 1 is 1.27 bits per heavy atom. The predicted molar refractivity (Wildman–Crippen MR) is 129 cm³/mol. The zero-order valence-electron chi connectivity index (χ0n) is 18.3. The number of thiazole rings is 1. The topological polar surface area (TPSA) is 81.9 Å². The second kappa shape index (κ2) is 9.64. The number of rotatable bonds is 6. The molecule has 0 saturated heterocycles. The second-order valence-electron chi connectivity index (χ2n) is 7.23. The number of hydrogen-bond donors (Lipinski definition) is 1. The van der Waals surface area contributed by atoms with E-state index < -0.39 is 12.0 Å². The first-order valence-electron chi connectivity index (χ1n) is 10.3. The molecule has 7 nitrogen and oxygen atoms in total. The molecule has 1 unspecified atom stereocenters. The van der Waals surface area contributed by atoms with E-state index in [9.17, 15) is 9.59 Å². The maximum absolute atomic E-state index is 13.5. The summed E-state index contributed by atoms with van der Waals surface area (Å²) in [5, 5.41) is 3.75. The molecule has 1 aliphatic heterocycles. The maximum Gasteiger partial charge on any atom is 0.338 e. The van der Waals surface area contributed by atoms with Gasteiger partial charge in [-0.3, -0.25) is 9.36 Å². The summed E-state index contributed by atoms with van der Waals surface area (Å²) in [5.41, 5.74) is 2.10. The Kier molecular flexibility index (Phi) is 6.67. The molecular formula is C24H22ClN3O4S. The lowest BCUT2D eigenvalue weighted by molar-refractivity contribution is -0.139. The average Bonchev–Trinajstić information content (AvgIpc) is 3.12. The van der Waals surface area contributed by atoms with Crippen LogP contribution >= 0.6 is 22.9 Å². The number of allylic oxidation sites excluding steroid dienone is 1. The van der Waals surface area contributed by atoms with Gasteiger partial charge in [0.05, 0.1) is 31.0 Å². The van der Waals surface area contributed by atoms with Crippen molar-refractivity contribution in [2.24, 2.45) is 4.99 Å². The van der Waals surface area contributed by atoms with Gasteiger partial charge < -0.3 is 14.8 Å². The largest absolute Gasteiger partial charge is 0.497 e. The van der Waals surface area contributed by atoms with Crippen molar-refractivity contribution in [1.82, 2.24) is 4.57 Å². The van der Waals surface area contributed by atoms with E-state index in [0.717, 1.165) is 11.3 Å². The van der Waals surface area contributed by atoms with Gasteiger partial charge in [-0.2, -0.15) is 0 Å². The number of methoxy groups -OCH3 is 1. The minimum Gasteiger partial charge on any atom is -0.497 e. The van der Waals surface area contributed by atoms with Crippen molar-refractivity contribution in [2.75, 3.05) is 19.0 Å². The molecular weight excluding hydrogens is 462 g/mol. The molecule has 9 heteroatoms. The number of carbonyl (C=O) groups is 1. The molecule has 1 aliphatic rings. The van der Waals surface area contributed by atoms with Gasteiger partial charge >= 0.3 is 5.97 Å². The van der Waals surface area contributed by atoms with E-state index in [0.29, 0.717) is 31.4 Å². The summed E-state index contributed by atoms with van der Waals surface area (Å²) >= 11 is 7.19. The van der Waals surface area contributed by atoms with Crippen LogP contribution in [0.25, 0.3) is 6.20 Å². The van der Waals surface area contributed by atoms with Gasteiger partial charge in [-0.05, 0) is 55.8 Å². The number of esters is 1. The van der Waals surface area contributed by atoms with Crippen molar-refractivity contribution in [2.45, 2.75) is 19.9 Å². The zero-order chi connectivity index (χ0) is 23.5. The number of aromatic nitrogens is 1. The van der Waals surface area contributed by atoms with Crippen molar-refractivity contribution >= 4 is 40.8 Å². The SMILES string of the molecule is CCOC(=O)C1=C(C)N=c2s/c(=C\Nc3ccc(Cl)cc3)c(=O)n2C1c1cccc(OC)c1. The highest BCUT2D eigenvalue weighted by Gasteiger charge is 2.33. The predicted octanol–water partition coefficient (Wildman–Crippen LogP) is 3.48. The molecule has 33 heavy (non-hydrogen) atoms. The normalized spacial score (nSPS) is 15.6. The molecule has 1 atom stereocenters. The zero-order valence-corrected chi connectivity index (χ0v) is 19.9. The van der Waals surface area contributed by atoms with Crippen molar-refractivity contribution in [1.29, 1.82) is 0 Å². The summed E-state index contributed by atoms with van der Waals surface area (Å²) in [5.74, 6) is 0.122. The summed E-state index contributed by atoms with van der Waals surface area (Å²) in [4.78, 5) is 31.4. The van der Waals surface area contributed by atoms with E-state index >= 15 is 0 Å². The quantitative estimate of drug-likeness (QED) is 0.543. The molecule has 1 aromatic heterocycles. The molecule has 4 rings (SSSR count). The summed E-state index contributed by atoms with van der Waals surface area (Å²) in [7, 11) is 1.57. The van der Waals surface area contributed by atoms with Crippen LogP contribution in [-0.4, -0.2) is 24.3 Å². The van der Waals surface area contributed by atoms with Crippen LogP contribution in [0.5, 0.6) is 5.75 Å². The van der Waals surface area contributed by atoms with E-state index in [1.807, 2.05) is 36.4 Å². The number of ether oxygens (including phenoxy) is 2. The molecule has 0 fully saturated rings. The Balaban J connectivity index is 1.87. The number of fused-ring (bicyclic) bond motifs is 1. The maximum atomic E-state index is 13.5. The first-order chi connectivity index (χ1) is 15.9. The number of carbonyl (C=O) groups excluding carboxylic acids is 1. The van der Waals surface area contributed by atoms with Crippen LogP contribution in [-0.2, 0) is 9.53 Å². The molecule has 170 valence electrons. The smallest absolute Gasteiger partial charge is 0.338 e. The molecule has 0 amide bonds. The third kappa shape index (κ3) is 4.58. The highest BCUT2D eigenvalue weighted by molar-refractivity contribution is 7.07. The highest BCUT2D eigenvalue weighted by Crippen LogP contribution is 2.32. The standard InChI is InChI=1S/C24H22ClN3O4S/c1-4-32-23(30)20-14(2)27-24-28(21(20)15-6-5-7-18(12-15)31-3)22(29)19(33-24)13-26-17-10-8-16(25)9-11-17/h5-13,21,26H,4H2,1-3H3/b19-13-. The van der Waals surface area contributed by atoms with Crippen molar-refractivity contribution in [3.05, 3.63) is 90.1 Å². The van der Waals surface area contributed by atoms with Crippen molar-refractivity contribution < 1.29 is 14.3 Å². The number of benzene rings is 2. The molecule has 2 heterocycles. The molecule has 3 aromatic rings. The van der Waals surface area contributed by atoms with E-state index in [2.05, 4.69) is 10.3 Å². The Morgan fingerprint density at radius 3 is 2.73 bits per heavy atom. The fourth-order valence-electron chi connectivity index (χ4n) is 3.61. The van der Waals surface area contributed by atoms with Gasteiger partial charge in [-0.25, -0.2) is 9.79 Å². The molecule has 0 radical (unpaired) electrons. The number of nitrogens with zero attached hydrogens (tertiary/aromatic N) is 2. The van der Waals surface area contributed by atoms with Gasteiger partial charge in [0, 0.05) is 16.9 Å². The minimum absolute atomic E-state index is 0.218.